The Balaban J connectivity index is 2.18. The van der Waals surface area contributed by atoms with Gasteiger partial charge in [-0.1, -0.05) is 6.92 Å². The third-order valence-corrected chi connectivity index (χ3v) is 2.78. The number of methoxy groups -OCH3 is 1. The Kier molecular flexibility index (Phi) is 4.62. The van der Waals surface area contributed by atoms with Gasteiger partial charge in [0.15, 0.2) is 0 Å². The van der Waals surface area contributed by atoms with Gasteiger partial charge in [0, 0.05) is 7.11 Å². The third kappa shape index (κ3) is 3.11. The Morgan fingerprint density at radius 2 is 2.42 bits per heavy atom. The number of hydrogen-bond acceptors (Lipinski definition) is 2. The molecule has 1 fully saturated rings. The molecule has 2 unspecified atom stereocenters. The summed E-state index contributed by atoms with van der Waals surface area (Å²) in [6.45, 7) is 4.60. The number of hydrogen-bond donors (Lipinski definition) is 1. The molecule has 72 valence electrons. The highest BCUT2D eigenvalue weighted by Crippen LogP contribution is 2.18. The van der Waals surface area contributed by atoms with E-state index in [2.05, 4.69) is 12.2 Å². The van der Waals surface area contributed by atoms with Crippen LogP contribution in [0.5, 0.6) is 0 Å². The van der Waals surface area contributed by atoms with E-state index in [1.54, 1.807) is 0 Å². The summed E-state index contributed by atoms with van der Waals surface area (Å²) in [5, 5.41) is 3.43. The van der Waals surface area contributed by atoms with Gasteiger partial charge in [-0.2, -0.15) is 0 Å². The highest BCUT2D eigenvalue weighted by atomic mass is 16.5. The first kappa shape index (κ1) is 10.0. The largest absolute Gasteiger partial charge is 0.381 e. The van der Waals surface area contributed by atoms with Crippen LogP contribution in [0.4, 0.5) is 0 Å². The van der Waals surface area contributed by atoms with Crippen molar-refractivity contribution in [3.05, 3.63) is 0 Å². The monoisotopic (exact) mass is 171 g/mol. The smallest absolute Gasteiger partial charge is 0.0571 e. The molecule has 1 rings (SSSR count). The molecule has 1 N–H and O–H groups in total. The van der Waals surface area contributed by atoms with Crippen molar-refractivity contribution in [2.24, 2.45) is 5.92 Å². The first-order valence-corrected chi connectivity index (χ1v) is 5.10. The predicted octanol–water partition coefficient (Wildman–Crippen LogP) is 1.80. The van der Waals surface area contributed by atoms with Crippen molar-refractivity contribution in [1.82, 2.24) is 5.32 Å². The Bertz CT molecular complexity index is 106. The summed E-state index contributed by atoms with van der Waals surface area (Å²) in [7, 11) is 1.82. The number of piperidine rings is 1. The molecule has 0 aliphatic carbocycles. The molecule has 0 spiro atoms. The van der Waals surface area contributed by atoms with Crippen molar-refractivity contribution < 1.29 is 4.74 Å². The molecular weight excluding hydrogens is 150 g/mol. The van der Waals surface area contributed by atoms with Crippen LogP contribution < -0.4 is 5.32 Å². The van der Waals surface area contributed by atoms with Gasteiger partial charge in [0.2, 0.25) is 0 Å². The molecule has 0 radical (unpaired) electrons. The van der Waals surface area contributed by atoms with E-state index in [1.165, 1.54) is 32.4 Å². The molecule has 0 bridgehead atoms. The van der Waals surface area contributed by atoms with Crippen LogP contribution in [0.15, 0.2) is 0 Å². The van der Waals surface area contributed by atoms with Crippen LogP contribution in [-0.4, -0.2) is 26.3 Å². The first-order valence-electron chi connectivity index (χ1n) is 5.10. The van der Waals surface area contributed by atoms with Gasteiger partial charge in [0.25, 0.3) is 0 Å². The van der Waals surface area contributed by atoms with E-state index in [4.69, 9.17) is 4.74 Å². The van der Waals surface area contributed by atoms with Gasteiger partial charge in [0.1, 0.15) is 0 Å². The zero-order valence-corrected chi connectivity index (χ0v) is 8.31. The molecule has 1 aliphatic heterocycles. The number of ether oxygens (including phenoxy) is 1. The molecular formula is C10H21NO. The van der Waals surface area contributed by atoms with Gasteiger partial charge in [-0.25, -0.2) is 0 Å². The highest BCUT2D eigenvalue weighted by Gasteiger charge is 2.16. The Morgan fingerprint density at radius 1 is 1.58 bits per heavy atom. The van der Waals surface area contributed by atoms with Gasteiger partial charge in [-0.05, 0) is 44.7 Å². The Hall–Kier alpha value is -0.0800. The van der Waals surface area contributed by atoms with Crippen molar-refractivity contribution >= 4 is 0 Å². The van der Waals surface area contributed by atoms with Crippen molar-refractivity contribution in [1.29, 1.82) is 0 Å². The molecule has 0 aromatic heterocycles. The Morgan fingerprint density at radius 3 is 2.92 bits per heavy atom. The topological polar surface area (TPSA) is 21.3 Å². The maximum atomic E-state index is 5.37. The van der Waals surface area contributed by atoms with Gasteiger partial charge in [-0.15, -0.1) is 0 Å². The summed E-state index contributed by atoms with van der Waals surface area (Å²) in [5.41, 5.74) is 0. The van der Waals surface area contributed by atoms with E-state index in [-0.39, 0.29) is 0 Å². The molecule has 1 saturated heterocycles. The van der Waals surface area contributed by atoms with Crippen molar-refractivity contribution in [2.75, 3.05) is 20.2 Å². The second-order valence-corrected chi connectivity index (χ2v) is 3.71. The maximum Gasteiger partial charge on any atom is 0.0571 e. The van der Waals surface area contributed by atoms with Crippen LogP contribution in [0.2, 0.25) is 0 Å². The third-order valence-electron chi connectivity index (χ3n) is 2.78. The van der Waals surface area contributed by atoms with Crippen LogP contribution in [0.25, 0.3) is 0 Å². The van der Waals surface area contributed by atoms with Gasteiger partial charge in [0.05, 0.1) is 6.10 Å². The van der Waals surface area contributed by atoms with E-state index in [0.29, 0.717) is 6.10 Å². The van der Waals surface area contributed by atoms with Crippen LogP contribution in [0.1, 0.15) is 32.6 Å². The molecule has 2 nitrogen and oxygen atoms in total. The lowest BCUT2D eigenvalue weighted by Gasteiger charge is -2.25. The fourth-order valence-corrected chi connectivity index (χ4v) is 1.93. The number of nitrogens with one attached hydrogen (secondary N) is 1. The van der Waals surface area contributed by atoms with E-state index >= 15 is 0 Å². The molecule has 12 heavy (non-hydrogen) atoms. The van der Waals surface area contributed by atoms with Gasteiger partial charge >= 0.3 is 0 Å². The lowest BCUT2D eigenvalue weighted by molar-refractivity contribution is 0.0729. The second kappa shape index (κ2) is 5.55. The summed E-state index contributed by atoms with van der Waals surface area (Å²) in [4.78, 5) is 0. The standard InChI is InChI=1S/C10H21NO/c1-3-10(12-2)7-9-5-4-6-11-8-9/h9-11H,3-8H2,1-2H3. The summed E-state index contributed by atoms with van der Waals surface area (Å²) < 4.78 is 5.37. The van der Waals surface area contributed by atoms with Crippen LogP contribution >= 0.6 is 0 Å². The Labute approximate surface area is 75.7 Å². The lowest BCUT2D eigenvalue weighted by atomic mass is 9.93. The van der Waals surface area contributed by atoms with Crippen molar-refractivity contribution in [3.63, 3.8) is 0 Å². The molecule has 0 aromatic carbocycles. The molecule has 2 heteroatoms. The second-order valence-electron chi connectivity index (χ2n) is 3.71. The summed E-state index contributed by atoms with van der Waals surface area (Å²) >= 11 is 0. The summed E-state index contributed by atoms with van der Waals surface area (Å²) in [5.74, 6) is 0.851. The van der Waals surface area contributed by atoms with Crippen LogP contribution in [0.3, 0.4) is 0 Å². The van der Waals surface area contributed by atoms with Crippen molar-refractivity contribution in [3.8, 4) is 0 Å². The predicted molar refractivity (Wildman–Crippen MR) is 51.3 cm³/mol. The summed E-state index contributed by atoms with van der Waals surface area (Å²) in [6.07, 6.45) is 5.58. The van der Waals surface area contributed by atoms with E-state index < -0.39 is 0 Å². The zero-order chi connectivity index (χ0) is 8.81. The minimum absolute atomic E-state index is 0.481. The highest BCUT2D eigenvalue weighted by molar-refractivity contribution is 4.72. The van der Waals surface area contributed by atoms with Crippen LogP contribution in [-0.2, 0) is 4.74 Å². The average Bonchev–Trinajstić information content (AvgIpc) is 2.16. The zero-order valence-electron chi connectivity index (χ0n) is 8.31. The first-order chi connectivity index (χ1) is 5.86. The van der Waals surface area contributed by atoms with Crippen LogP contribution in [0, 0.1) is 5.92 Å². The normalized spacial score (nSPS) is 27.0. The molecule has 2 atom stereocenters. The minimum atomic E-state index is 0.481. The lowest BCUT2D eigenvalue weighted by Crippen LogP contribution is -2.32. The summed E-state index contributed by atoms with van der Waals surface area (Å²) in [6, 6.07) is 0. The SMILES string of the molecule is CCC(CC1CCCNC1)OC. The fraction of sp³-hybridized carbons (Fsp3) is 1.00. The van der Waals surface area contributed by atoms with Gasteiger partial charge in [-0.3, -0.25) is 0 Å². The molecule has 1 aliphatic rings. The molecule has 0 aromatic rings. The fourth-order valence-electron chi connectivity index (χ4n) is 1.93. The quantitative estimate of drug-likeness (QED) is 0.696. The number of rotatable bonds is 4. The maximum absolute atomic E-state index is 5.37. The molecule has 0 amide bonds. The van der Waals surface area contributed by atoms with Gasteiger partial charge < -0.3 is 10.1 Å². The minimum Gasteiger partial charge on any atom is -0.381 e. The van der Waals surface area contributed by atoms with E-state index in [1.807, 2.05) is 7.11 Å². The molecule has 1 heterocycles. The van der Waals surface area contributed by atoms with E-state index in [0.717, 1.165) is 12.3 Å². The van der Waals surface area contributed by atoms with Crippen molar-refractivity contribution in [2.45, 2.75) is 38.7 Å². The van der Waals surface area contributed by atoms with E-state index in [9.17, 15) is 0 Å². The molecule has 0 saturated carbocycles. The average molecular weight is 171 g/mol.